The Kier molecular flexibility index (Phi) is 5.26. The Morgan fingerprint density at radius 1 is 1.25 bits per heavy atom. The van der Waals surface area contributed by atoms with Crippen molar-refractivity contribution in [2.75, 3.05) is 0 Å². The molecule has 0 aliphatic heterocycles. The fraction of sp³-hybridized carbons (Fsp3) is 0.400. The van der Waals surface area contributed by atoms with Gasteiger partial charge in [-0.3, -0.25) is 4.98 Å². The van der Waals surface area contributed by atoms with Crippen molar-refractivity contribution in [2.45, 2.75) is 51.1 Å². The fourth-order valence-corrected chi connectivity index (χ4v) is 3.58. The quantitative estimate of drug-likeness (QED) is 0.875. The molecule has 1 saturated carbocycles. The molecule has 2 N–H and O–H groups in total. The fourth-order valence-electron chi connectivity index (χ4n) is 3.58. The zero-order chi connectivity index (χ0) is 16.9. The van der Waals surface area contributed by atoms with Gasteiger partial charge in [0.1, 0.15) is 0 Å². The molecule has 4 heteroatoms. The van der Waals surface area contributed by atoms with E-state index in [9.17, 15) is 4.79 Å². The molecule has 2 aromatic rings. The third-order valence-electron chi connectivity index (χ3n) is 4.91. The predicted molar refractivity (Wildman–Crippen MR) is 94.2 cm³/mol. The first kappa shape index (κ1) is 16.7. The maximum Gasteiger partial charge on any atom is 0.335 e. The van der Waals surface area contributed by atoms with Crippen LogP contribution < -0.4 is 5.32 Å². The van der Waals surface area contributed by atoms with Gasteiger partial charge in [-0.15, -0.1) is 0 Å². The van der Waals surface area contributed by atoms with Crippen LogP contribution in [0.3, 0.4) is 0 Å². The minimum atomic E-state index is -0.879. The Bertz CT molecular complexity index is 697. The van der Waals surface area contributed by atoms with Gasteiger partial charge in [-0.1, -0.05) is 24.6 Å². The molecule has 1 heterocycles. The highest BCUT2D eigenvalue weighted by atomic mass is 16.4. The monoisotopic (exact) mass is 324 g/mol. The van der Waals surface area contributed by atoms with Gasteiger partial charge >= 0.3 is 5.97 Å². The molecule has 2 atom stereocenters. The Labute approximate surface area is 142 Å². The van der Waals surface area contributed by atoms with Gasteiger partial charge in [0.15, 0.2) is 0 Å². The molecule has 0 saturated heterocycles. The van der Waals surface area contributed by atoms with Crippen molar-refractivity contribution < 1.29 is 9.90 Å². The summed E-state index contributed by atoms with van der Waals surface area (Å²) in [6, 6.07) is 11.7. The van der Waals surface area contributed by atoms with Crippen LogP contribution in [-0.2, 0) is 6.54 Å². The molecule has 0 spiro atoms. The van der Waals surface area contributed by atoms with Crippen LogP contribution in [0.5, 0.6) is 0 Å². The molecule has 1 aliphatic carbocycles. The topological polar surface area (TPSA) is 62.2 Å². The number of aryl methyl sites for hydroxylation is 1. The maximum atomic E-state index is 10.9. The molecule has 1 aromatic carbocycles. The standard InChI is InChI=1S/C20H24N2O2/c1-14-4-3-11-21-19(14)17-5-2-6-18(12-17)22-13-15-7-9-16(10-8-15)20(23)24/h3-4,7-11,17-18,22H,2,5-6,12-13H2,1H3,(H,23,24). The van der Waals surface area contributed by atoms with Crippen LogP contribution in [0.4, 0.5) is 0 Å². The summed E-state index contributed by atoms with van der Waals surface area (Å²) in [5, 5.41) is 12.6. The van der Waals surface area contributed by atoms with Crippen LogP contribution in [0.1, 0.15) is 58.8 Å². The number of aromatic nitrogens is 1. The second-order valence-electron chi connectivity index (χ2n) is 6.65. The van der Waals surface area contributed by atoms with Crippen molar-refractivity contribution in [3.63, 3.8) is 0 Å². The third-order valence-corrected chi connectivity index (χ3v) is 4.91. The predicted octanol–water partition coefficient (Wildman–Crippen LogP) is 3.90. The molecule has 1 aromatic heterocycles. The molecule has 3 rings (SSSR count). The Morgan fingerprint density at radius 3 is 2.75 bits per heavy atom. The van der Waals surface area contributed by atoms with E-state index in [4.69, 9.17) is 5.11 Å². The molecular weight excluding hydrogens is 300 g/mol. The first-order chi connectivity index (χ1) is 11.6. The van der Waals surface area contributed by atoms with Crippen LogP contribution >= 0.6 is 0 Å². The number of benzene rings is 1. The van der Waals surface area contributed by atoms with Crippen molar-refractivity contribution in [1.29, 1.82) is 0 Å². The lowest BCUT2D eigenvalue weighted by atomic mass is 9.82. The van der Waals surface area contributed by atoms with Gasteiger partial charge in [0, 0.05) is 30.4 Å². The number of nitrogens with zero attached hydrogens (tertiary/aromatic N) is 1. The van der Waals surface area contributed by atoms with Crippen molar-refractivity contribution in [2.24, 2.45) is 0 Å². The van der Waals surface area contributed by atoms with Crippen LogP contribution in [0, 0.1) is 6.92 Å². The van der Waals surface area contributed by atoms with Crippen LogP contribution in [-0.4, -0.2) is 22.1 Å². The first-order valence-electron chi connectivity index (χ1n) is 8.60. The minimum absolute atomic E-state index is 0.335. The Balaban J connectivity index is 1.57. The smallest absolute Gasteiger partial charge is 0.335 e. The van der Waals surface area contributed by atoms with Gasteiger partial charge in [0.2, 0.25) is 0 Å². The molecule has 2 unspecified atom stereocenters. The van der Waals surface area contributed by atoms with E-state index in [-0.39, 0.29) is 0 Å². The van der Waals surface area contributed by atoms with Crippen molar-refractivity contribution in [1.82, 2.24) is 10.3 Å². The zero-order valence-electron chi connectivity index (χ0n) is 14.0. The summed E-state index contributed by atoms with van der Waals surface area (Å²) >= 11 is 0. The van der Waals surface area contributed by atoms with E-state index >= 15 is 0 Å². The molecule has 1 aliphatic rings. The summed E-state index contributed by atoms with van der Waals surface area (Å²) in [5.41, 5.74) is 3.99. The highest BCUT2D eigenvalue weighted by Crippen LogP contribution is 2.33. The number of carboxylic acid groups (broad SMARTS) is 1. The van der Waals surface area contributed by atoms with Crippen molar-refractivity contribution in [3.8, 4) is 0 Å². The minimum Gasteiger partial charge on any atom is -0.478 e. The second kappa shape index (κ2) is 7.58. The number of pyridine rings is 1. The van der Waals surface area contributed by atoms with Crippen LogP contribution in [0.15, 0.2) is 42.6 Å². The third kappa shape index (κ3) is 4.01. The number of carbonyl (C=O) groups is 1. The van der Waals surface area contributed by atoms with Crippen LogP contribution in [0.2, 0.25) is 0 Å². The average molecular weight is 324 g/mol. The van der Waals surface area contributed by atoms with Gasteiger partial charge in [-0.2, -0.15) is 0 Å². The van der Waals surface area contributed by atoms with Crippen LogP contribution in [0.25, 0.3) is 0 Å². The molecule has 0 bridgehead atoms. The molecule has 1 fully saturated rings. The summed E-state index contributed by atoms with van der Waals surface area (Å²) in [7, 11) is 0. The molecule has 0 radical (unpaired) electrons. The summed E-state index contributed by atoms with van der Waals surface area (Å²) in [5.74, 6) is -0.345. The largest absolute Gasteiger partial charge is 0.478 e. The van der Waals surface area contributed by atoms with Gasteiger partial charge in [0.25, 0.3) is 0 Å². The lowest BCUT2D eigenvalue weighted by Gasteiger charge is -2.30. The summed E-state index contributed by atoms with van der Waals surface area (Å²) < 4.78 is 0. The van der Waals surface area contributed by atoms with Crippen molar-refractivity contribution >= 4 is 5.97 Å². The van der Waals surface area contributed by atoms with Crippen molar-refractivity contribution in [3.05, 3.63) is 65.0 Å². The Morgan fingerprint density at radius 2 is 2.04 bits per heavy atom. The van der Waals surface area contributed by atoms with E-state index in [1.165, 1.54) is 30.5 Å². The van der Waals surface area contributed by atoms with E-state index in [0.717, 1.165) is 18.5 Å². The normalized spacial score (nSPS) is 20.7. The Hall–Kier alpha value is -2.20. The summed E-state index contributed by atoms with van der Waals surface area (Å²) in [6.07, 6.45) is 6.63. The van der Waals surface area contributed by atoms with Gasteiger partial charge in [0.05, 0.1) is 5.56 Å². The number of aromatic carboxylic acids is 1. The second-order valence-corrected chi connectivity index (χ2v) is 6.65. The molecule has 0 amide bonds. The SMILES string of the molecule is Cc1cccnc1C1CCCC(NCc2ccc(C(=O)O)cc2)C1. The number of hydrogen-bond donors (Lipinski definition) is 2. The highest BCUT2D eigenvalue weighted by Gasteiger charge is 2.24. The van der Waals surface area contributed by atoms with E-state index in [1.807, 2.05) is 24.4 Å². The number of rotatable bonds is 5. The van der Waals surface area contributed by atoms with E-state index < -0.39 is 5.97 Å². The highest BCUT2D eigenvalue weighted by molar-refractivity contribution is 5.87. The molecular formula is C20H24N2O2. The average Bonchev–Trinajstić information content (AvgIpc) is 2.61. The molecule has 126 valence electrons. The number of hydrogen-bond acceptors (Lipinski definition) is 3. The number of carboxylic acids is 1. The lowest BCUT2D eigenvalue weighted by Crippen LogP contribution is -2.33. The number of nitrogens with one attached hydrogen (secondary N) is 1. The first-order valence-corrected chi connectivity index (χ1v) is 8.60. The van der Waals surface area contributed by atoms with Gasteiger partial charge in [-0.05, 0) is 55.5 Å². The summed E-state index contributed by atoms with van der Waals surface area (Å²) in [4.78, 5) is 15.5. The van der Waals surface area contributed by atoms with E-state index in [0.29, 0.717) is 17.5 Å². The zero-order valence-corrected chi connectivity index (χ0v) is 14.0. The summed E-state index contributed by atoms with van der Waals surface area (Å²) in [6.45, 7) is 2.92. The maximum absolute atomic E-state index is 10.9. The molecule has 24 heavy (non-hydrogen) atoms. The van der Waals surface area contributed by atoms with E-state index in [2.05, 4.69) is 23.3 Å². The lowest BCUT2D eigenvalue weighted by molar-refractivity contribution is 0.0697. The van der Waals surface area contributed by atoms with Gasteiger partial charge < -0.3 is 10.4 Å². The van der Waals surface area contributed by atoms with Gasteiger partial charge in [-0.25, -0.2) is 4.79 Å². The van der Waals surface area contributed by atoms with E-state index in [1.54, 1.807) is 12.1 Å². The molecule has 4 nitrogen and oxygen atoms in total.